The van der Waals surface area contributed by atoms with Crippen LogP contribution in [0.5, 0.6) is 0 Å². The summed E-state index contributed by atoms with van der Waals surface area (Å²) in [5.74, 6) is 0. The van der Waals surface area contributed by atoms with Gasteiger partial charge in [-0.3, -0.25) is 10.1 Å². The maximum atomic E-state index is 10.5. The van der Waals surface area contributed by atoms with Gasteiger partial charge < -0.3 is 15.3 Å². The first-order valence-electron chi connectivity index (χ1n) is 6.78. The van der Waals surface area contributed by atoms with E-state index in [9.17, 15) is 15.2 Å². The first-order valence-corrected chi connectivity index (χ1v) is 6.78. The summed E-state index contributed by atoms with van der Waals surface area (Å²) in [5, 5.41) is 23.7. The number of hydrogen-bond acceptors (Lipinski definition) is 5. The van der Waals surface area contributed by atoms with Crippen LogP contribution in [0.1, 0.15) is 24.5 Å². The molecule has 1 aromatic rings. The van der Waals surface area contributed by atoms with Gasteiger partial charge in [0.25, 0.3) is 5.69 Å². The number of non-ortho nitro benzene ring substituents is 1. The highest BCUT2D eigenvalue weighted by atomic mass is 16.6. The molecule has 0 bridgehead atoms. The van der Waals surface area contributed by atoms with E-state index < -0.39 is 11.0 Å². The molecule has 112 valence electrons. The second kappa shape index (κ2) is 8.63. The number of hydrogen-bond donors (Lipinski definition) is 2. The van der Waals surface area contributed by atoms with Gasteiger partial charge in [-0.05, 0) is 57.7 Å². The summed E-state index contributed by atoms with van der Waals surface area (Å²) < 4.78 is 0. The van der Waals surface area contributed by atoms with Crippen LogP contribution in [0, 0.1) is 10.1 Å². The van der Waals surface area contributed by atoms with E-state index in [1.54, 1.807) is 12.1 Å². The highest BCUT2D eigenvalue weighted by molar-refractivity contribution is 5.33. The Morgan fingerprint density at radius 2 is 1.95 bits per heavy atom. The lowest BCUT2D eigenvalue weighted by Crippen LogP contribution is -2.23. The normalized spacial score (nSPS) is 12.6. The maximum absolute atomic E-state index is 10.5. The summed E-state index contributed by atoms with van der Waals surface area (Å²) in [4.78, 5) is 12.2. The fraction of sp³-hybridized carbons (Fsp3) is 0.571. The van der Waals surface area contributed by atoms with Crippen molar-refractivity contribution in [2.24, 2.45) is 0 Å². The Kier molecular flexibility index (Phi) is 7.14. The van der Waals surface area contributed by atoms with Crippen molar-refractivity contribution in [3.05, 3.63) is 39.9 Å². The third kappa shape index (κ3) is 6.10. The molecule has 1 atom stereocenters. The molecule has 1 rings (SSSR count). The van der Waals surface area contributed by atoms with Crippen LogP contribution in [-0.4, -0.2) is 48.7 Å². The summed E-state index contributed by atoms with van der Waals surface area (Å²) in [6.07, 6.45) is 1.54. The van der Waals surface area contributed by atoms with Gasteiger partial charge in [0.15, 0.2) is 0 Å². The van der Waals surface area contributed by atoms with Crippen LogP contribution in [0.3, 0.4) is 0 Å². The number of rotatable bonds is 9. The van der Waals surface area contributed by atoms with Crippen molar-refractivity contribution >= 4 is 5.69 Å². The topological polar surface area (TPSA) is 78.6 Å². The molecule has 0 heterocycles. The minimum Gasteiger partial charge on any atom is -0.387 e. The molecule has 20 heavy (non-hydrogen) atoms. The van der Waals surface area contributed by atoms with E-state index in [1.165, 1.54) is 12.1 Å². The van der Waals surface area contributed by atoms with Crippen LogP contribution in [0.25, 0.3) is 0 Å². The molecule has 0 saturated carbocycles. The lowest BCUT2D eigenvalue weighted by atomic mass is 10.1. The average molecular weight is 281 g/mol. The van der Waals surface area contributed by atoms with Crippen LogP contribution in [-0.2, 0) is 0 Å². The molecule has 1 aromatic carbocycles. The second-order valence-corrected chi connectivity index (χ2v) is 5.08. The molecule has 0 aliphatic rings. The fourth-order valence-corrected chi connectivity index (χ4v) is 1.85. The first-order chi connectivity index (χ1) is 9.50. The fourth-order valence-electron chi connectivity index (χ4n) is 1.85. The van der Waals surface area contributed by atoms with Crippen LogP contribution in [0.15, 0.2) is 24.3 Å². The summed E-state index contributed by atoms with van der Waals surface area (Å²) >= 11 is 0. The zero-order valence-corrected chi connectivity index (χ0v) is 12.1. The monoisotopic (exact) mass is 281 g/mol. The molecule has 6 heteroatoms. The third-order valence-corrected chi connectivity index (χ3v) is 3.04. The minimum absolute atomic E-state index is 0.0394. The molecule has 0 aliphatic heterocycles. The molecular formula is C14H23N3O3. The van der Waals surface area contributed by atoms with E-state index in [0.717, 1.165) is 25.9 Å². The van der Waals surface area contributed by atoms with E-state index in [0.29, 0.717) is 12.1 Å². The van der Waals surface area contributed by atoms with Crippen molar-refractivity contribution in [3.63, 3.8) is 0 Å². The van der Waals surface area contributed by atoms with Gasteiger partial charge in [0.05, 0.1) is 11.0 Å². The highest BCUT2D eigenvalue weighted by Crippen LogP contribution is 2.17. The van der Waals surface area contributed by atoms with Gasteiger partial charge in [0.2, 0.25) is 0 Å². The standard InChI is InChI=1S/C14H23N3O3/c1-16(2)10-4-3-9-15-11-14(18)12-5-7-13(8-6-12)17(19)20/h5-8,14-15,18H,3-4,9-11H2,1-2H3. The molecular weight excluding hydrogens is 258 g/mol. The Morgan fingerprint density at radius 1 is 1.30 bits per heavy atom. The SMILES string of the molecule is CN(C)CCCCNCC(O)c1ccc([N+](=O)[O-])cc1. The highest BCUT2D eigenvalue weighted by Gasteiger charge is 2.09. The summed E-state index contributed by atoms with van der Waals surface area (Å²) in [7, 11) is 4.09. The van der Waals surface area contributed by atoms with Gasteiger partial charge in [0, 0.05) is 18.7 Å². The van der Waals surface area contributed by atoms with E-state index >= 15 is 0 Å². The molecule has 0 saturated heterocycles. The van der Waals surface area contributed by atoms with Crippen LogP contribution < -0.4 is 5.32 Å². The van der Waals surface area contributed by atoms with Crippen molar-refractivity contribution in [2.45, 2.75) is 18.9 Å². The molecule has 0 spiro atoms. The van der Waals surface area contributed by atoms with Gasteiger partial charge in [-0.15, -0.1) is 0 Å². The average Bonchev–Trinajstić information content (AvgIpc) is 2.42. The van der Waals surface area contributed by atoms with Gasteiger partial charge in [-0.25, -0.2) is 0 Å². The zero-order valence-electron chi connectivity index (χ0n) is 12.1. The third-order valence-electron chi connectivity index (χ3n) is 3.04. The summed E-state index contributed by atoms with van der Waals surface area (Å²) in [5.41, 5.74) is 0.731. The number of unbranched alkanes of at least 4 members (excludes halogenated alkanes) is 1. The number of aliphatic hydroxyl groups is 1. The van der Waals surface area contributed by atoms with Gasteiger partial charge in [0.1, 0.15) is 0 Å². The van der Waals surface area contributed by atoms with Crippen LogP contribution in [0.2, 0.25) is 0 Å². The Balaban J connectivity index is 2.25. The van der Waals surface area contributed by atoms with E-state index in [1.807, 2.05) is 14.1 Å². The zero-order chi connectivity index (χ0) is 15.0. The number of nitrogens with zero attached hydrogens (tertiary/aromatic N) is 2. The molecule has 0 aliphatic carbocycles. The number of aliphatic hydroxyl groups excluding tert-OH is 1. The van der Waals surface area contributed by atoms with Gasteiger partial charge >= 0.3 is 0 Å². The molecule has 0 aromatic heterocycles. The number of nitrogens with one attached hydrogen (secondary N) is 1. The lowest BCUT2D eigenvalue weighted by molar-refractivity contribution is -0.384. The molecule has 1 unspecified atom stereocenters. The predicted molar refractivity (Wildman–Crippen MR) is 78.7 cm³/mol. The molecule has 0 radical (unpaired) electrons. The smallest absolute Gasteiger partial charge is 0.269 e. The Morgan fingerprint density at radius 3 is 2.50 bits per heavy atom. The maximum Gasteiger partial charge on any atom is 0.269 e. The number of nitro groups is 1. The predicted octanol–water partition coefficient (Wildman–Crippen LogP) is 1.56. The van der Waals surface area contributed by atoms with Gasteiger partial charge in [-0.1, -0.05) is 0 Å². The Bertz CT molecular complexity index is 407. The lowest BCUT2D eigenvalue weighted by Gasteiger charge is -2.13. The van der Waals surface area contributed by atoms with Crippen molar-refractivity contribution in [1.82, 2.24) is 10.2 Å². The van der Waals surface area contributed by atoms with Crippen molar-refractivity contribution in [3.8, 4) is 0 Å². The molecule has 2 N–H and O–H groups in total. The Hall–Kier alpha value is -1.50. The van der Waals surface area contributed by atoms with Gasteiger partial charge in [-0.2, -0.15) is 0 Å². The minimum atomic E-state index is -0.635. The molecule has 6 nitrogen and oxygen atoms in total. The van der Waals surface area contributed by atoms with Crippen molar-refractivity contribution in [1.29, 1.82) is 0 Å². The molecule has 0 fully saturated rings. The van der Waals surface area contributed by atoms with Crippen LogP contribution >= 0.6 is 0 Å². The largest absolute Gasteiger partial charge is 0.387 e. The number of benzene rings is 1. The van der Waals surface area contributed by atoms with E-state index in [2.05, 4.69) is 10.2 Å². The van der Waals surface area contributed by atoms with E-state index in [4.69, 9.17) is 0 Å². The van der Waals surface area contributed by atoms with E-state index in [-0.39, 0.29) is 5.69 Å². The number of nitro benzene ring substituents is 1. The van der Waals surface area contributed by atoms with Crippen LogP contribution in [0.4, 0.5) is 5.69 Å². The second-order valence-electron chi connectivity index (χ2n) is 5.08. The summed E-state index contributed by atoms with van der Waals surface area (Å²) in [6.45, 7) is 2.38. The Labute approximate surface area is 119 Å². The summed E-state index contributed by atoms with van der Waals surface area (Å²) in [6, 6.07) is 6.01. The molecule has 0 amide bonds. The van der Waals surface area contributed by atoms with Crippen molar-refractivity contribution < 1.29 is 10.0 Å². The quantitative estimate of drug-likeness (QED) is 0.408. The first kappa shape index (κ1) is 16.6. The van der Waals surface area contributed by atoms with Crippen molar-refractivity contribution in [2.75, 3.05) is 33.7 Å².